The number of aliphatic carboxylic acids is 1. The van der Waals surface area contributed by atoms with Gasteiger partial charge in [-0.1, -0.05) is 24.3 Å². The van der Waals surface area contributed by atoms with Gasteiger partial charge in [0.1, 0.15) is 35.2 Å². The molecule has 44 heavy (non-hydrogen) atoms. The van der Waals surface area contributed by atoms with Crippen LogP contribution in [-0.4, -0.2) is 107 Å². The molecule has 0 aromatic heterocycles. The molecule has 1 saturated heterocycles. The zero-order valence-electron chi connectivity index (χ0n) is 25.5. The van der Waals surface area contributed by atoms with Gasteiger partial charge in [0.05, 0.1) is 19.7 Å². The number of hydrogen-bond donors (Lipinski definition) is 3. The van der Waals surface area contributed by atoms with E-state index in [-0.39, 0.29) is 45.7 Å². The first kappa shape index (κ1) is 33.0. The number of fused-ring (bicyclic) bond motifs is 2. The van der Waals surface area contributed by atoms with Crippen LogP contribution < -0.4 is 10.6 Å². The maximum atomic E-state index is 14.0. The van der Waals surface area contributed by atoms with Crippen molar-refractivity contribution >= 4 is 30.0 Å². The van der Waals surface area contributed by atoms with E-state index in [0.717, 1.165) is 0 Å². The quantitative estimate of drug-likeness (QED) is 0.401. The second-order valence-corrected chi connectivity index (χ2v) is 12.4. The molecule has 5 atom stereocenters. The number of halogens is 1. The van der Waals surface area contributed by atoms with Crippen LogP contribution in [0.2, 0.25) is 0 Å². The first-order valence-corrected chi connectivity index (χ1v) is 14.8. The molecule has 1 aliphatic carbocycles. The van der Waals surface area contributed by atoms with Crippen molar-refractivity contribution < 1.29 is 47.7 Å². The summed E-state index contributed by atoms with van der Waals surface area (Å²) in [5, 5.41) is 15.1. The van der Waals surface area contributed by atoms with Gasteiger partial charge in [-0.2, -0.15) is 0 Å². The van der Waals surface area contributed by atoms with Crippen LogP contribution in [0.4, 0.5) is 14.0 Å². The number of amides is 4. The van der Waals surface area contributed by atoms with E-state index in [2.05, 4.69) is 10.6 Å². The average Bonchev–Trinajstić information content (AvgIpc) is 3.26. The Hall–Kier alpha value is -3.94. The smallest absolute Gasteiger partial charge is 0.410 e. The number of hydrogen-bond acceptors (Lipinski definition) is 8. The van der Waals surface area contributed by atoms with Crippen molar-refractivity contribution in [1.29, 1.82) is 0 Å². The monoisotopic (exact) mass is 620 g/mol. The Balaban J connectivity index is 1.56. The Morgan fingerprint density at radius 2 is 2.02 bits per heavy atom. The number of ether oxygens (including phenoxy) is 3. The molecule has 4 aliphatic rings. The summed E-state index contributed by atoms with van der Waals surface area (Å²) in [6.07, 6.45) is 5.17. The Kier molecular flexibility index (Phi) is 10.0. The molecule has 4 rings (SSSR count). The minimum Gasteiger partial charge on any atom is -0.479 e. The van der Waals surface area contributed by atoms with Gasteiger partial charge in [-0.25, -0.2) is 18.8 Å². The predicted molar refractivity (Wildman–Crippen MR) is 154 cm³/mol. The molecule has 13 nitrogen and oxygen atoms in total. The molecular weight excluding hydrogens is 579 g/mol. The lowest BCUT2D eigenvalue weighted by Crippen LogP contribution is -2.57. The fourth-order valence-corrected chi connectivity index (χ4v) is 5.50. The van der Waals surface area contributed by atoms with Gasteiger partial charge >= 0.3 is 18.2 Å². The molecule has 0 aromatic rings. The highest BCUT2D eigenvalue weighted by atomic mass is 19.1. The van der Waals surface area contributed by atoms with Crippen LogP contribution in [-0.2, 0) is 28.6 Å². The molecule has 0 spiro atoms. The van der Waals surface area contributed by atoms with Crippen molar-refractivity contribution in [3.8, 4) is 0 Å². The van der Waals surface area contributed by atoms with E-state index >= 15 is 0 Å². The molecule has 3 N–H and O–H groups in total. The van der Waals surface area contributed by atoms with Crippen LogP contribution in [0.5, 0.6) is 0 Å². The van der Waals surface area contributed by atoms with E-state index in [1.807, 2.05) is 6.08 Å². The molecule has 2 fully saturated rings. The third kappa shape index (κ3) is 7.76. The molecular formula is C30H41FN4O9. The molecule has 0 aromatic carbocycles. The van der Waals surface area contributed by atoms with Crippen LogP contribution in [0.3, 0.4) is 0 Å². The van der Waals surface area contributed by atoms with Crippen LogP contribution >= 0.6 is 0 Å². The first-order valence-electron chi connectivity index (χ1n) is 14.8. The van der Waals surface area contributed by atoms with E-state index in [9.17, 15) is 33.5 Å². The average molecular weight is 621 g/mol. The molecule has 14 heteroatoms. The summed E-state index contributed by atoms with van der Waals surface area (Å²) < 4.78 is 30.7. The van der Waals surface area contributed by atoms with Crippen LogP contribution in [0.15, 0.2) is 35.7 Å². The number of carboxylic acid groups (broad SMARTS) is 1. The topological polar surface area (TPSA) is 164 Å². The molecule has 0 radical (unpaired) electrons. The second-order valence-electron chi connectivity index (χ2n) is 12.4. The molecule has 0 bridgehead atoms. The summed E-state index contributed by atoms with van der Waals surface area (Å²) in [6, 6.07) is -2.45. The van der Waals surface area contributed by atoms with E-state index in [1.54, 1.807) is 39.8 Å². The second kappa shape index (κ2) is 13.4. The summed E-state index contributed by atoms with van der Waals surface area (Å²) in [6.45, 7) is 6.54. The number of nitrogens with zero attached hydrogens (tertiary/aromatic N) is 2. The lowest BCUT2D eigenvalue weighted by atomic mass is 10.1. The summed E-state index contributed by atoms with van der Waals surface area (Å²) in [4.78, 5) is 67.9. The predicted octanol–water partition coefficient (Wildman–Crippen LogP) is 2.43. The number of nitrogens with one attached hydrogen (secondary N) is 2. The number of carboxylic acids is 1. The third-order valence-electron chi connectivity index (χ3n) is 7.90. The van der Waals surface area contributed by atoms with Crippen LogP contribution in [0, 0.1) is 5.92 Å². The molecule has 1 saturated carbocycles. The van der Waals surface area contributed by atoms with Gasteiger partial charge in [-0.3, -0.25) is 9.59 Å². The summed E-state index contributed by atoms with van der Waals surface area (Å²) in [5.74, 6) is -3.46. The standard InChI is InChI=1S/C30H41FN4O9/c1-5-21(31)18-10-11-34(15-18)28(41)43-20-13-23-24(36)33-30(26(38)39)14-19(30)9-7-6-8-12-42-17-22(25(37)35(23)16-20)32-27(40)44-29(2,3)4/h5,7,9-10,19-20,22-23H,6,8,11-17H2,1-4H3,(H,32,40)(H,33,36)(H,38,39)/b9-7-,21-5+/t19-,20-,22+,23+,30-/m1/s1. The number of carbonyl (C=O) groups is 5. The van der Waals surface area contributed by atoms with Crippen molar-refractivity contribution in [2.75, 3.05) is 32.8 Å². The molecule has 0 unspecified atom stereocenters. The highest BCUT2D eigenvalue weighted by Gasteiger charge is 2.61. The third-order valence-corrected chi connectivity index (χ3v) is 7.90. The summed E-state index contributed by atoms with van der Waals surface area (Å²) in [7, 11) is 0. The lowest BCUT2D eigenvalue weighted by Gasteiger charge is -2.30. The highest BCUT2D eigenvalue weighted by molar-refractivity contribution is 5.96. The Labute approximate surface area is 255 Å². The SMILES string of the molecule is C/C=C(/F)C1=CCN(C(=O)O[C@@H]2C[C@H]3C(=O)N[C@]4(C(=O)O)C[C@H]4/C=C\CCCOC[C@H](NC(=O)OC(C)(C)C)C(=O)N3C2)C1. The van der Waals surface area contributed by atoms with Crippen molar-refractivity contribution in [3.63, 3.8) is 0 Å². The largest absolute Gasteiger partial charge is 0.479 e. The minimum atomic E-state index is -1.52. The fraction of sp³-hybridized carbons (Fsp3) is 0.633. The summed E-state index contributed by atoms with van der Waals surface area (Å²) in [5.41, 5.74) is -2.01. The number of carbonyl (C=O) groups excluding carboxylic acids is 4. The van der Waals surface area contributed by atoms with Crippen LogP contribution in [0.25, 0.3) is 0 Å². The molecule has 3 aliphatic heterocycles. The van der Waals surface area contributed by atoms with Crippen molar-refractivity contribution in [2.24, 2.45) is 5.92 Å². The maximum Gasteiger partial charge on any atom is 0.410 e. The number of allylic oxidation sites excluding steroid dienone is 2. The minimum absolute atomic E-state index is 0.00352. The first-order chi connectivity index (χ1) is 20.7. The van der Waals surface area contributed by atoms with E-state index in [0.29, 0.717) is 18.4 Å². The molecule has 3 heterocycles. The van der Waals surface area contributed by atoms with Crippen molar-refractivity contribution in [1.82, 2.24) is 20.4 Å². The van der Waals surface area contributed by atoms with Gasteiger partial charge in [0, 0.05) is 31.1 Å². The van der Waals surface area contributed by atoms with Crippen molar-refractivity contribution in [3.05, 3.63) is 35.7 Å². The Morgan fingerprint density at radius 1 is 1.27 bits per heavy atom. The maximum absolute atomic E-state index is 14.0. The van der Waals surface area contributed by atoms with Gasteiger partial charge in [0.15, 0.2) is 0 Å². The van der Waals surface area contributed by atoms with Gasteiger partial charge in [-0.15, -0.1) is 0 Å². The summed E-state index contributed by atoms with van der Waals surface area (Å²) >= 11 is 0. The number of rotatable bonds is 4. The van der Waals surface area contributed by atoms with E-state index in [1.165, 1.54) is 15.9 Å². The van der Waals surface area contributed by atoms with Gasteiger partial charge in [0.25, 0.3) is 0 Å². The van der Waals surface area contributed by atoms with Gasteiger partial charge in [-0.05, 0) is 47.0 Å². The van der Waals surface area contributed by atoms with Gasteiger partial charge in [0.2, 0.25) is 11.8 Å². The van der Waals surface area contributed by atoms with Crippen LogP contribution in [0.1, 0.15) is 53.4 Å². The van der Waals surface area contributed by atoms with Crippen molar-refractivity contribution in [2.45, 2.75) is 82.7 Å². The Morgan fingerprint density at radius 3 is 2.70 bits per heavy atom. The van der Waals surface area contributed by atoms with E-state index < -0.39 is 71.0 Å². The van der Waals surface area contributed by atoms with Gasteiger partial charge < -0.3 is 39.8 Å². The normalized spacial score (nSPS) is 30.6. The highest BCUT2D eigenvalue weighted by Crippen LogP contribution is 2.45. The van der Waals surface area contributed by atoms with E-state index in [4.69, 9.17) is 14.2 Å². The molecule has 4 amide bonds. The lowest BCUT2D eigenvalue weighted by molar-refractivity contribution is -0.146. The zero-order valence-corrected chi connectivity index (χ0v) is 25.5. The number of alkyl carbamates (subject to hydrolysis) is 1. The Bertz CT molecular complexity index is 1260. The fourth-order valence-electron chi connectivity index (χ4n) is 5.50. The zero-order chi connectivity index (χ0) is 32.2. The molecule has 242 valence electrons.